The van der Waals surface area contributed by atoms with Crippen molar-refractivity contribution in [3.8, 4) is 11.3 Å². The predicted octanol–water partition coefficient (Wildman–Crippen LogP) is 6.76. The van der Waals surface area contributed by atoms with Crippen molar-refractivity contribution in [1.82, 2.24) is 0 Å². The molecule has 0 radical (unpaired) electrons. The number of carbonyl (C=O) groups excluding carboxylic acids is 1. The first-order valence-electron chi connectivity index (χ1n) is 10.3. The summed E-state index contributed by atoms with van der Waals surface area (Å²) >= 11 is 12.2. The fraction of sp³-hybridized carbons (Fsp3) is 0.208. The Balaban J connectivity index is 1.53. The third-order valence-electron chi connectivity index (χ3n) is 5.18. The van der Waals surface area contributed by atoms with Gasteiger partial charge in [-0.15, -0.1) is 0 Å². The molecule has 0 saturated carbocycles. The summed E-state index contributed by atoms with van der Waals surface area (Å²) in [6.07, 6.45) is -1.93. The summed E-state index contributed by atoms with van der Waals surface area (Å²) in [6, 6.07) is 11.7. The van der Waals surface area contributed by atoms with E-state index in [0.717, 1.165) is 12.1 Å². The van der Waals surface area contributed by atoms with Crippen molar-refractivity contribution in [1.29, 1.82) is 0 Å². The molecule has 1 aliphatic heterocycles. The van der Waals surface area contributed by atoms with Crippen LogP contribution < -0.4 is 10.2 Å². The number of amides is 1. The van der Waals surface area contributed by atoms with Crippen LogP contribution >= 0.6 is 23.2 Å². The van der Waals surface area contributed by atoms with Crippen molar-refractivity contribution in [3.63, 3.8) is 0 Å². The Bertz CT molecular complexity index is 1220. The SMILES string of the molecule is O=C(C=Cc1ccc(-c2cccc(Cl)c2Cl)o1)Nc1cc(C(F)(F)F)ccc1N1CCOCC1. The van der Waals surface area contributed by atoms with E-state index < -0.39 is 17.6 Å². The van der Waals surface area contributed by atoms with Crippen LogP contribution in [0.1, 0.15) is 11.3 Å². The van der Waals surface area contributed by atoms with Gasteiger partial charge in [0.2, 0.25) is 5.91 Å². The molecule has 2 heterocycles. The molecule has 1 fully saturated rings. The Labute approximate surface area is 203 Å². The summed E-state index contributed by atoms with van der Waals surface area (Å²) in [7, 11) is 0. The minimum Gasteiger partial charge on any atom is -0.457 e. The number of rotatable bonds is 5. The molecule has 178 valence electrons. The van der Waals surface area contributed by atoms with Gasteiger partial charge >= 0.3 is 6.18 Å². The average molecular weight is 511 g/mol. The van der Waals surface area contributed by atoms with E-state index in [1.165, 1.54) is 18.2 Å². The fourth-order valence-electron chi connectivity index (χ4n) is 3.51. The summed E-state index contributed by atoms with van der Waals surface area (Å²) < 4.78 is 50.8. The van der Waals surface area contributed by atoms with Gasteiger partial charge < -0.3 is 19.4 Å². The van der Waals surface area contributed by atoms with Gasteiger partial charge in [0.05, 0.1) is 40.2 Å². The van der Waals surface area contributed by atoms with Crippen LogP contribution in [0.15, 0.2) is 59.0 Å². The molecule has 1 saturated heterocycles. The topological polar surface area (TPSA) is 54.7 Å². The number of benzene rings is 2. The Morgan fingerprint density at radius 2 is 1.82 bits per heavy atom. The maximum Gasteiger partial charge on any atom is 0.416 e. The van der Waals surface area contributed by atoms with Gasteiger partial charge in [0.15, 0.2) is 0 Å². The minimum absolute atomic E-state index is 0.0669. The van der Waals surface area contributed by atoms with Crippen molar-refractivity contribution in [2.75, 3.05) is 36.5 Å². The van der Waals surface area contributed by atoms with Crippen LogP contribution in [0.25, 0.3) is 17.4 Å². The molecule has 5 nitrogen and oxygen atoms in total. The number of hydrogen-bond donors (Lipinski definition) is 1. The molecule has 2 aromatic carbocycles. The maximum atomic E-state index is 13.3. The summed E-state index contributed by atoms with van der Waals surface area (Å²) in [5, 5.41) is 3.28. The number of hydrogen-bond acceptors (Lipinski definition) is 4. The monoisotopic (exact) mass is 510 g/mol. The number of nitrogens with one attached hydrogen (secondary N) is 1. The summed E-state index contributed by atoms with van der Waals surface area (Å²) in [6.45, 7) is 1.91. The van der Waals surface area contributed by atoms with E-state index in [0.29, 0.717) is 59.1 Å². The van der Waals surface area contributed by atoms with Gasteiger partial charge in [-0.2, -0.15) is 13.2 Å². The van der Waals surface area contributed by atoms with Crippen LogP contribution in [0.5, 0.6) is 0 Å². The maximum absolute atomic E-state index is 13.3. The first kappa shape index (κ1) is 24.2. The molecule has 0 bridgehead atoms. The molecule has 1 aromatic heterocycles. The number of furan rings is 1. The zero-order valence-electron chi connectivity index (χ0n) is 17.7. The first-order chi connectivity index (χ1) is 16.2. The average Bonchev–Trinajstić information content (AvgIpc) is 3.28. The van der Waals surface area contributed by atoms with Crippen LogP contribution in [-0.2, 0) is 15.7 Å². The summed E-state index contributed by atoms with van der Waals surface area (Å²) in [4.78, 5) is 14.4. The molecular weight excluding hydrogens is 492 g/mol. The van der Waals surface area contributed by atoms with E-state index in [9.17, 15) is 18.0 Å². The largest absolute Gasteiger partial charge is 0.457 e. The molecule has 1 N–H and O–H groups in total. The molecule has 3 aromatic rings. The van der Waals surface area contributed by atoms with E-state index >= 15 is 0 Å². The Kier molecular flexibility index (Phi) is 7.21. The van der Waals surface area contributed by atoms with Crippen LogP contribution in [-0.4, -0.2) is 32.2 Å². The lowest BCUT2D eigenvalue weighted by molar-refractivity contribution is -0.137. The van der Waals surface area contributed by atoms with Crippen LogP contribution in [0.2, 0.25) is 10.0 Å². The number of alkyl halides is 3. The lowest BCUT2D eigenvalue weighted by Crippen LogP contribution is -2.36. The predicted molar refractivity (Wildman–Crippen MR) is 126 cm³/mol. The van der Waals surface area contributed by atoms with Crippen molar-refractivity contribution in [2.45, 2.75) is 6.18 Å². The quantitative estimate of drug-likeness (QED) is 0.385. The third kappa shape index (κ3) is 5.58. The van der Waals surface area contributed by atoms with Crippen molar-refractivity contribution in [2.24, 2.45) is 0 Å². The highest BCUT2D eigenvalue weighted by atomic mass is 35.5. The highest BCUT2D eigenvalue weighted by Gasteiger charge is 2.31. The first-order valence-corrected chi connectivity index (χ1v) is 11.1. The molecule has 34 heavy (non-hydrogen) atoms. The number of halogens is 5. The lowest BCUT2D eigenvalue weighted by Gasteiger charge is -2.30. The number of morpholine rings is 1. The van der Waals surface area contributed by atoms with Gasteiger partial charge in [0, 0.05) is 24.7 Å². The second-order valence-corrected chi connectivity index (χ2v) is 8.24. The van der Waals surface area contributed by atoms with Crippen molar-refractivity contribution in [3.05, 3.63) is 76.0 Å². The fourth-order valence-corrected chi connectivity index (χ4v) is 3.90. The van der Waals surface area contributed by atoms with Gasteiger partial charge in [-0.25, -0.2) is 0 Å². The highest BCUT2D eigenvalue weighted by Crippen LogP contribution is 2.36. The van der Waals surface area contributed by atoms with Crippen LogP contribution in [0.4, 0.5) is 24.5 Å². The molecule has 4 rings (SSSR count). The number of carbonyl (C=O) groups is 1. The molecule has 0 atom stereocenters. The van der Waals surface area contributed by atoms with Gasteiger partial charge in [0.1, 0.15) is 11.5 Å². The second kappa shape index (κ2) is 10.1. The van der Waals surface area contributed by atoms with Crippen molar-refractivity contribution < 1.29 is 27.1 Å². The van der Waals surface area contributed by atoms with Gasteiger partial charge in [-0.05, 0) is 48.5 Å². The molecule has 1 aliphatic rings. The molecule has 0 unspecified atom stereocenters. The van der Waals surface area contributed by atoms with Crippen LogP contribution in [0.3, 0.4) is 0 Å². The van der Waals surface area contributed by atoms with E-state index in [2.05, 4.69) is 5.32 Å². The van der Waals surface area contributed by atoms with E-state index in [1.54, 1.807) is 30.3 Å². The Morgan fingerprint density at radius 1 is 1.06 bits per heavy atom. The standard InChI is InChI=1S/C24H19Cl2F3N2O3/c25-18-3-1-2-17(23(18)26)21-8-5-16(34-21)6-9-22(32)30-19-14-15(24(27,28)29)4-7-20(19)31-10-12-33-13-11-31/h1-9,14H,10-13H2,(H,30,32). The number of nitrogens with zero attached hydrogens (tertiary/aromatic N) is 1. The zero-order chi connectivity index (χ0) is 24.3. The molecule has 0 aliphatic carbocycles. The second-order valence-electron chi connectivity index (χ2n) is 7.46. The lowest BCUT2D eigenvalue weighted by atomic mass is 10.1. The normalized spacial score (nSPS) is 14.6. The van der Waals surface area contributed by atoms with Crippen molar-refractivity contribution >= 4 is 46.6 Å². The van der Waals surface area contributed by atoms with Gasteiger partial charge in [0.25, 0.3) is 0 Å². The molecular formula is C24H19Cl2F3N2O3. The molecule has 1 amide bonds. The van der Waals surface area contributed by atoms with E-state index in [-0.39, 0.29) is 5.69 Å². The van der Waals surface area contributed by atoms with Crippen LogP contribution in [0, 0.1) is 0 Å². The van der Waals surface area contributed by atoms with E-state index in [1.807, 2.05) is 4.90 Å². The van der Waals surface area contributed by atoms with E-state index in [4.69, 9.17) is 32.4 Å². The molecule has 0 spiro atoms. The third-order valence-corrected chi connectivity index (χ3v) is 6.00. The number of ether oxygens (including phenoxy) is 1. The van der Waals surface area contributed by atoms with Gasteiger partial charge in [-0.1, -0.05) is 29.3 Å². The summed E-state index contributed by atoms with van der Waals surface area (Å²) in [5.41, 5.74) is 0.307. The Hall–Kier alpha value is -2.94. The highest BCUT2D eigenvalue weighted by molar-refractivity contribution is 6.43. The van der Waals surface area contributed by atoms with Gasteiger partial charge in [-0.3, -0.25) is 4.79 Å². The number of anilines is 2. The smallest absolute Gasteiger partial charge is 0.416 e. The Morgan fingerprint density at radius 3 is 2.56 bits per heavy atom. The summed E-state index contributed by atoms with van der Waals surface area (Å²) in [5.74, 6) is 0.214. The zero-order valence-corrected chi connectivity index (χ0v) is 19.2. The minimum atomic E-state index is -4.54. The molecule has 10 heteroatoms.